The molecule has 4 nitrogen and oxygen atoms in total. The van der Waals surface area contributed by atoms with Crippen LogP contribution in [0.1, 0.15) is 44.6 Å². The van der Waals surface area contributed by atoms with Gasteiger partial charge in [-0.05, 0) is 36.6 Å². The molecule has 0 atom stereocenters. The fraction of sp³-hybridized carbons (Fsp3) is 0.500. The second kappa shape index (κ2) is 11.4. The minimum atomic E-state index is -0.0912. The van der Waals surface area contributed by atoms with E-state index < -0.39 is 0 Å². The zero-order valence-electron chi connectivity index (χ0n) is 16.2. The predicted molar refractivity (Wildman–Crippen MR) is 113 cm³/mol. The molecular formula is C20H30Cl2N3O+. The first-order valence-electron chi connectivity index (χ1n) is 9.00. The number of quaternary nitrogens is 1. The Morgan fingerprint density at radius 1 is 1.15 bits per heavy atom. The zero-order valence-corrected chi connectivity index (χ0v) is 17.7. The number of carbonyl (C=O) groups excluding carboxylic acids is 1. The molecule has 0 saturated carbocycles. The highest BCUT2D eigenvalue weighted by Crippen LogP contribution is 2.23. The van der Waals surface area contributed by atoms with Crippen LogP contribution in [0.25, 0.3) is 6.08 Å². The molecule has 0 spiro atoms. The molecule has 26 heavy (non-hydrogen) atoms. The number of benzene rings is 1. The van der Waals surface area contributed by atoms with E-state index in [0.717, 1.165) is 30.5 Å². The van der Waals surface area contributed by atoms with Crippen LogP contribution in [0.4, 0.5) is 0 Å². The van der Waals surface area contributed by atoms with E-state index in [1.807, 2.05) is 45.4 Å². The predicted octanol–water partition coefficient (Wildman–Crippen LogP) is 5.16. The third-order valence-electron chi connectivity index (χ3n) is 3.64. The van der Waals surface area contributed by atoms with E-state index in [1.165, 1.54) is 12.8 Å². The lowest BCUT2D eigenvalue weighted by molar-refractivity contribution is -0.862. The Balaban J connectivity index is 2.79. The molecule has 0 unspecified atom stereocenters. The summed E-state index contributed by atoms with van der Waals surface area (Å²) < 4.78 is 0.562. The summed E-state index contributed by atoms with van der Waals surface area (Å²) in [7, 11) is 5.91. The first-order valence-corrected chi connectivity index (χ1v) is 9.76. The van der Waals surface area contributed by atoms with Gasteiger partial charge in [0.15, 0.2) is 6.54 Å². The van der Waals surface area contributed by atoms with Crippen LogP contribution in [0.5, 0.6) is 0 Å². The SMILES string of the molecule is CCCCCCC(/C=C/c1ccc(Cl)c(Cl)c1)=N\NC(=O)C[N+](C)(C)C. The number of hydrazone groups is 1. The molecule has 0 bridgehead atoms. The summed E-state index contributed by atoms with van der Waals surface area (Å²) in [4.78, 5) is 12.0. The Labute approximate surface area is 167 Å². The molecule has 0 saturated heterocycles. The number of rotatable bonds is 10. The summed E-state index contributed by atoms with van der Waals surface area (Å²) in [5.41, 5.74) is 4.46. The van der Waals surface area contributed by atoms with Gasteiger partial charge in [0.2, 0.25) is 0 Å². The van der Waals surface area contributed by atoms with E-state index in [0.29, 0.717) is 21.1 Å². The van der Waals surface area contributed by atoms with Crippen LogP contribution in [0.15, 0.2) is 29.4 Å². The monoisotopic (exact) mass is 398 g/mol. The molecule has 0 aliphatic heterocycles. The van der Waals surface area contributed by atoms with Crippen LogP contribution in [-0.4, -0.2) is 43.8 Å². The van der Waals surface area contributed by atoms with Gasteiger partial charge in [-0.1, -0.05) is 61.5 Å². The van der Waals surface area contributed by atoms with E-state index in [1.54, 1.807) is 6.07 Å². The summed E-state index contributed by atoms with van der Waals surface area (Å²) in [5.74, 6) is -0.0912. The van der Waals surface area contributed by atoms with Crippen molar-refractivity contribution in [3.05, 3.63) is 39.9 Å². The minimum Gasteiger partial charge on any atom is -0.323 e. The van der Waals surface area contributed by atoms with Crippen molar-refractivity contribution < 1.29 is 9.28 Å². The van der Waals surface area contributed by atoms with Crippen molar-refractivity contribution in [1.29, 1.82) is 0 Å². The van der Waals surface area contributed by atoms with E-state index in [-0.39, 0.29) is 5.91 Å². The van der Waals surface area contributed by atoms with Crippen LogP contribution in [0, 0.1) is 0 Å². The van der Waals surface area contributed by atoms with Crippen molar-refractivity contribution in [2.75, 3.05) is 27.7 Å². The number of likely N-dealkylation sites (N-methyl/N-ethyl adjacent to an activating group) is 1. The second-order valence-corrected chi connectivity index (χ2v) is 8.22. The minimum absolute atomic E-state index is 0.0912. The number of nitrogens with one attached hydrogen (secondary N) is 1. The van der Waals surface area contributed by atoms with Crippen LogP contribution in [0.3, 0.4) is 0 Å². The molecule has 1 rings (SSSR count). The summed E-state index contributed by atoms with van der Waals surface area (Å²) in [6, 6.07) is 5.48. The molecule has 0 heterocycles. The summed E-state index contributed by atoms with van der Waals surface area (Å²) in [6.45, 7) is 2.56. The number of carbonyl (C=O) groups is 1. The molecule has 1 aromatic carbocycles. The largest absolute Gasteiger partial charge is 0.323 e. The number of hydrogen-bond donors (Lipinski definition) is 1. The van der Waals surface area contributed by atoms with Crippen molar-refractivity contribution in [2.24, 2.45) is 5.10 Å². The van der Waals surface area contributed by atoms with E-state index in [2.05, 4.69) is 17.5 Å². The number of amides is 1. The number of allylic oxidation sites excluding steroid dienone is 1. The van der Waals surface area contributed by atoms with Crippen molar-refractivity contribution in [1.82, 2.24) is 5.43 Å². The summed E-state index contributed by atoms with van der Waals surface area (Å²) >= 11 is 12.0. The van der Waals surface area contributed by atoms with Gasteiger partial charge >= 0.3 is 0 Å². The topological polar surface area (TPSA) is 41.5 Å². The second-order valence-electron chi connectivity index (χ2n) is 7.40. The molecule has 0 fully saturated rings. The lowest BCUT2D eigenvalue weighted by atomic mass is 10.1. The van der Waals surface area contributed by atoms with Crippen LogP contribution < -0.4 is 5.43 Å². The van der Waals surface area contributed by atoms with Crippen LogP contribution in [0.2, 0.25) is 10.0 Å². The maximum Gasteiger partial charge on any atom is 0.295 e. The zero-order chi connectivity index (χ0) is 19.6. The maximum absolute atomic E-state index is 12.0. The third kappa shape index (κ3) is 9.95. The number of hydrogen-bond acceptors (Lipinski definition) is 2. The third-order valence-corrected chi connectivity index (χ3v) is 4.38. The molecule has 6 heteroatoms. The fourth-order valence-corrected chi connectivity index (χ4v) is 2.62. The van der Waals surface area contributed by atoms with Crippen molar-refractivity contribution in [3.63, 3.8) is 0 Å². The van der Waals surface area contributed by atoms with E-state index in [9.17, 15) is 4.79 Å². The van der Waals surface area contributed by atoms with E-state index >= 15 is 0 Å². The molecule has 0 aliphatic rings. The molecule has 1 aromatic rings. The van der Waals surface area contributed by atoms with Crippen LogP contribution >= 0.6 is 23.2 Å². The molecular weight excluding hydrogens is 369 g/mol. The summed E-state index contributed by atoms with van der Waals surface area (Å²) in [6.07, 6.45) is 9.28. The van der Waals surface area contributed by atoms with Gasteiger partial charge in [0, 0.05) is 0 Å². The maximum atomic E-state index is 12.0. The van der Waals surface area contributed by atoms with Gasteiger partial charge in [0.25, 0.3) is 5.91 Å². The Bertz CT molecular complexity index is 649. The lowest BCUT2D eigenvalue weighted by Crippen LogP contribution is -2.43. The fourth-order valence-electron chi connectivity index (χ4n) is 2.32. The van der Waals surface area contributed by atoms with Gasteiger partial charge in [-0.15, -0.1) is 0 Å². The highest BCUT2D eigenvalue weighted by atomic mass is 35.5. The molecule has 0 radical (unpaired) electrons. The Kier molecular flexibility index (Phi) is 9.92. The normalized spacial score (nSPS) is 12.6. The standard InChI is InChI=1S/C20H29Cl2N3O/c1-5-6-7-8-9-17(23-24-20(26)15-25(2,3)4)12-10-16-11-13-18(21)19(22)14-16/h10-14H,5-9,15H2,1-4H3/p+1/b12-10+,23-17+. The quantitative estimate of drug-likeness (QED) is 0.251. The van der Waals surface area contributed by atoms with Crippen molar-refractivity contribution in [3.8, 4) is 0 Å². The van der Waals surface area contributed by atoms with Gasteiger partial charge in [-0.2, -0.15) is 5.10 Å². The average molecular weight is 399 g/mol. The number of halogens is 2. The molecule has 1 amide bonds. The smallest absolute Gasteiger partial charge is 0.295 e. The highest BCUT2D eigenvalue weighted by Gasteiger charge is 2.13. The van der Waals surface area contributed by atoms with Gasteiger partial charge in [-0.25, -0.2) is 5.43 Å². The summed E-state index contributed by atoms with van der Waals surface area (Å²) in [5, 5.41) is 5.37. The van der Waals surface area contributed by atoms with E-state index in [4.69, 9.17) is 23.2 Å². The van der Waals surface area contributed by atoms with Gasteiger partial charge in [-0.3, -0.25) is 4.79 Å². The molecule has 1 N–H and O–H groups in total. The average Bonchev–Trinajstić information content (AvgIpc) is 2.54. The van der Waals surface area contributed by atoms with Crippen molar-refractivity contribution in [2.45, 2.75) is 39.0 Å². The van der Waals surface area contributed by atoms with Gasteiger partial charge in [0.05, 0.1) is 36.9 Å². The first kappa shape index (κ1) is 22.7. The first-order chi connectivity index (χ1) is 12.2. The highest BCUT2D eigenvalue weighted by molar-refractivity contribution is 6.42. The Morgan fingerprint density at radius 3 is 2.50 bits per heavy atom. The van der Waals surface area contributed by atoms with Crippen LogP contribution in [-0.2, 0) is 4.79 Å². The van der Waals surface area contributed by atoms with Gasteiger partial charge < -0.3 is 4.48 Å². The van der Waals surface area contributed by atoms with Gasteiger partial charge in [0.1, 0.15) is 0 Å². The molecule has 144 valence electrons. The molecule has 0 aromatic heterocycles. The van der Waals surface area contributed by atoms with Crippen molar-refractivity contribution >= 4 is 40.9 Å². The Hall–Kier alpha value is -1.36. The Morgan fingerprint density at radius 2 is 1.88 bits per heavy atom. The lowest BCUT2D eigenvalue weighted by Gasteiger charge is -2.22. The molecule has 0 aliphatic carbocycles. The number of nitrogens with zero attached hydrogens (tertiary/aromatic N) is 2. The number of unbranched alkanes of at least 4 members (excludes halogenated alkanes) is 3.